The molecule has 1 spiro atoms. The minimum atomic E-state index is -2.43. The molecule has 17 heavy (non-hydrogen) atoms. The van der Waals surface area contributed by atoms with Crippen molar-refractivity contribution in [3.8, 4) is 0 Å². The van der Waals surface area contributed by atoms with E-state index in [0.29, 0.717) is 19.6 Å². The SMILES string of the molecule is CNC1CCC2(CC1OCC(F)F)OCCO2. The van der Waals surface area contributed by atoms with E-state index in [1.54, 1.807) is 0 Å². The molecular formula is C11H19F2NO3. The third-order valence-corrected chi connectivity index (χ3v) is 3.42. The Morgan fingerprint density at radius 2 is 2.12 bits per heavy atom. The summed E-state index contributed by atoms with van der Waals surface area (Å²) in [6.07, 6.45) is -0.598. The van der Waals surface area contributed by atoms with Gasteiger partial charge in [-0.25, -0.2) is 8.78 Å². The summed E-state index contributed by atoms with van der Waals surface area (Å²) in [5.41, 5.74) is 0. The molecule has 2 fully saturated rings. The quantitative estimate of drug-likeness (QED) is 0.813. The lowest BCUT2D eigenvalue weighted by molar-refractivity contribution is -0.210. The van der Waals surface area contributed by atoms with Crippen molar-refractivity contribution in [3.05, 3.63) is 0 Å². The highest BCUT2D eigenvalue weighted by atomic mass is 19.3. The standard InChI is InChI=1S/C11H19F2NO3/c1-14-8-2-3-11(16-4-5-17-11)6-9(8)15-7-10(12)13/h8-10,14H,2-7H2,1H3. The van der Waals surface area contributed by atoms with E-state index in [-0.39, 0.29) is 12.1 Å². The normalized spacial score (nSPS) is 32.5. The molecule has 0 bridgehead atoms. The minimum absolute atomic E-state index is 0.0900. The molecule has 100 valence electrons. The lowest BCUT2D eigenvalue weighted by Gasteiger charge is -2.40. The van der Waals surface area contributed by atoms with Gasteiger partial charge in [0.05, 0.1) is 19.3 Å². The maximum absolute atomic E-state index is 12.2. The van der Waals surface area contributed by atoms with Gasteiger partial charge in [0.1, 0.15) is 6.61 Å². The average molecular weight is 251 g/mol. The van der Waals surface area contributed by atoms with Crippen LogP contribution in [0, 0.1) is 0 Å². The molecule has 1 saturated carbocycles. The van der Waals surface area contributed by atoms with Gasteiger partial charge in [0, 0.05) is 18.9 Å². The largest absolute Gasteiger partial charge is 0.370 e. The van der Waals surface area contributed by atoms with Gasteiger partial charge in [-0.2, -0.15) is 0 Å². The monoisotopic (exact) mass is 251 g/mol. The number of hydrogen-bond acceptors (Lipinski definition) is 4. The second-order valence-corrected chi connectivity index (χ2v) is 4.51. The van der Waals surface area contributed by atoms with Crippen LogP contribution >= 0.6 is 0 Å². The Kier molecular flexibility index (Phi) is 4.30. The molecule has 1 N–H and O–H groups in total. The molecule has 2 rings (SSSR count). The molecule has 0 radical (unpaired) electrons. The lowest BCUT2D eigenvalue weighted by atomic mass is 9.87. The van der Waals surface area contributed by atoms with E-state index < -0.39 is 18.8 Å². The summed E-state index contributed by atoms with van der Waals surface area (Å²) in [6.45, 7) is 0.622. The first kappa shape index (κ1) is 13.1. The summed E-state index contributed by atoms with van der Waals surface area (Å²) >= 11 is 0. The van der Waals surface area contributed by atoms with Gasteiger partial charge >= 0.3 is 0 Å². The number of nitrogens with one attached hydrogen (secondary N) is 1. The minimum Gasteiger partial charge on any atom is -0.370 e. The van der Waals surface area contributed by atoms with E-state index >= 15 is 0 Å². The van der Waals surface area contributed by atoms with Crippen LogP contribution in [-0.4, -0.2) is 51.2 Å². The van der Waals surface area contributed by atoms with Crippen molar-refractivity contribution in [3.63, 3.8) is 0 Å². The molecule has 0 amide bonds. The highest BCUT2D eigenvalue weighted by Gasteiger charge is 2.45. The van der Waals surface area contributed by atoms with Crippen LogP contribution < -0.4 is 5.32 Å². The zero-order chi connectivity index (χ0) is 12.3. The lowest BCUT2D eigenvalue weighted by Crippen LogP contribution is -2.51. The Labute approximate surface area is 99.6 Å². The molecule has 2 unspecified atom stereocenters. The number of rotatable bonds is 4. The Morgan fingerprint density at radius 1 is 1.41 bits per heavy atom. The van der Waals surface area contributed by atoms with E-state index in [0.717, 1.165) is 12.8 Å². The van der Waals surface area contributed by atoms with Crippen LogP contribution in [0.2, 0.25) is 0 Å². The van der Waals surface area contributed by atoms with E-state index in [1.165, 1.54) is 0 Å². The second-order valence-electron chi connectivity index (χ2n) is 4.51. The summed E-state index contributed by atoms with van der Waals surface area (Å²) in [4.78, 5) is 0. The molecule has 0 aromatic rings. The molecule has 1 saturated heterocycles. The first-order valence-corrected chi connectivity index (χ1v) is 6.00. The van der Waals surface area contributed by atoms with Gasteiger partial charge in [-0.05, 0) is 13.5 Å². The van der Waals surface area contributed by atoms with Gasteiger partial charge in [0.2, 0.25) is 0 Å². The third-order valence-electron chi connectivity index (χ3n) is 3.42. The van der Waals surface area contributed by atoms with Gasteiger partial charge in [0.25, 0.3) is 6.43 Å². The van der Waals surface area contributed by atoms with Crippen molar-refractivity contribution >= 4 is 0 Å². The second kappa shape index (κ2) is 5.56. The average Bonchev–Trinajstić information content (AvgIpc) is 2.75. The van der Waals surface area contributed by atoms with Crippen LogP contribution in [0.15, 0.2) is 0 Å². The molecule has 6 heteroatoms. The van der Waals surface area contributed by atoms with Crippen molar-refractivity contribution in [2.24, 2.45) is 0 Å². The maximum Gasteiger partial charge on any atom is 0.261 e. The van der Waals surface area contributed by atoms with E-state index in [4.69, 9.17) is 14.2 Å². The summed E-state index contributed by atoms with van der Waals surface area (Å²) in [7, 11) is 1.82. The zero-order valence-corrected chi connectivity index (χ0v) is 9.96. The summed E-state index contributed by atoms with van der Waals surface area (Å²) in [6, 6.07) is 0.0900. The molecule has 4 nitrogen and oxygen atoms in total. The number of alkyl halides is 2. The molecule has 1 aliphatic carbocycles. The molecule has 1 aliphatic heterocycles. The van der Waals surface area contributed by atoms with Crippen molar-refractivity contribution < 1.29 is 23.0 Å². The highest BCUT2D eigenvalue weighted by molar-refractivity contribution is 4.91. The van der Waals surface area contributed by atoms with Crippen molar-refractivity contribution in [2.75, 3.05) is 26.9 Å². The number of hydrogen-bond donors (Lipinski definition) is 1. The van der Waals surface area contributed by atoms with Crippen LogP contribution in [0.1, 0.15) is 19.3 Å². The third kappa shape index (κ3) is 3.13. The van der Waals surface area contributed by atoms with Gasteiger partial charge in [-0.3, -0.25) is 0 Å². The number of halogens is 2. The molecule has 1 heterocycles. The number of ether oxygens (including phenoxy) is 3. The van der Waals surface area contributed by atoms with Crippen LogP contribution in [0.3, 0.4) is 0 Å². The van der Waals surface area contributed by atoms with Crippen LogP contribution in [0.5, 0.6) is 0 Å². The number of likely N-dealkylation sites (N-methyl/N-ethyl adjacent to an activating group) is 1. The first-order valence-electron chi connectivity index (χ1n) is 6.00. The van der Waals surface area contributed by atoms with Crippen molar-refractivity contribution in [1.82, 2.24) is 5.32 Å². The van der Waals surface area contributed by atoms with Gasteiger partial charge < -0.3 is 19.5 Å². The summed E-state index contributed by atoms with van der Waals surface area (Å²) in [5.74, 6) is -0.597. The van der Waals surface area contributed by atoms with E-state index in [2.05, 4.69) is 5.32 Å². The van der Waals surface area contributed by atoms with Gasteiger partial charge in [-0.15, -0.1) is 0 Å². The fraction of sp³-hybridized carbons (Fsp3) is 1.00. The maximum atomic E-state index is 12.2. The van der Waals surface area contributed by atoms with Crippen LogP contribution in [-0.2, 0) is 14.2 Å². The first-order chi connectivity index (χ1) is 8.15. The topological polar surface area (TPSA) is 39.7 Å². The van der Waals surface area contributed by atoms with Gasteiger partial charge in [-0.1, -0.05) is 0 Å². The van der Waals surface area contributed by atoms with E-state index in [1.807, 2.05) is 7.05 Å². The Morgan fingerprint density at radius 3 is 2.71 bits per heavy atom. The highest BCUT2D eigenvalue weighted by Crippen LogP contribution is 2.37. The predicted octanol–water partition coefficient (Wildman–Crippen LogP) is 1.15. The molecule has 2 aliphatic rings. The Bertz CT molecular complexity index is 247. The van der Waals surface area contributed by atoms with Gasteiger partial charge in [0.15, 0.2) is 5.79 Å². The fourth-order valence-corrected chi connectivity index (χ4v) is 2.57. The molecule has 2 atom stereocenters. The molecule has 0 aromatic heterocycles. The van der Waals surface area contributed by atoms with Crippen molar-refractivity contribution in [2.45, 2.75) is 43.6 Å². The van der Waals surface area contributed by atoms with Crippen molar-refractivity contribution in [1.29, 1.82) is 0 Å². The van der Waals surface area contributed by atoms with Crippen LogP contribution in [0.4, 0.5) is 8.78 Å². The Balaban J connectivity index is 1.93. The van der Waals surface area contributed by atoms with Crippen LogP contribution in [0.25, 0.3) is 0 Å². The van der Waals surface area contributed by atoms with E-state index in [9.17, 15) is 8.78 Å². The summed E-state index contributed by atoms with van der Waals surface area (Å²) < 4.78 is 40.8. The summed E-state index contributed by atoms with van der Waals surface area (Å²) in [5, 5.41) is 3.10. The zero-order valence-electron chi connectivity index (χ0n) is 9.96. The molecule has 0 aromatic carbocycles. The fourth-order valence-electron chi connectivity index (χ4n) is 2.57. The Hall–Kier alpha value is -0.300. The molecular weight excluding hydrogens is 232 g/mol. The predicted molar refractivity (Wildman–Crippen MR) is 57.1 cm³/mol. The smallest absolute Gasteiger partial charge is 0.261 e.